The topological polar surface area (TPSA) is 80.0 Å². The molecule has 6 nitrogen and oxygen atoms in total. The maximum absolute atomic E-state index is 12.1. The highest BCUT2D eigenvalue weighted by Gasteiger charge is 2.27. The largest absolute Gasteiger partial charge is 0.502 e. The van der Waals surface area contributed by atoms with Gasteiger partial charge in [-0.2, -0.15) is 0 Å². The number of hydrogen-bond acceptors (Lipinski definition) is 6. The zero-order chi connectivity index (χ0) is 17.7. The van der Waals surface area contributed by atoms with Crippen LogP contribution in [0.1, 0.15) is 57.0 Å². The Morgan fingerprint density at radius 1 is 1.33 bits per heavy atom. The van der Waals surface area contributed by atoms with Crippen LogP contribution in [-0.4, -0.2) is 36.2 Å². The molecule has 2 heterocycles. The standard InChI is InChI=1S/C18H27NO5/c1-12(2)14(10-16(21)23-3)18-17(22)15(20)9-13(24-18)11-19-7-5-4-6-8-19/h9,12,14,22H,4-8,10-11H2,1-3H3. The minimum Gasteiger partial charge on any atom is -0.502 e. The average Bonchev–Trinajstić information content (AvgIpc) is 2.56. The first-order valence-corrected chi connectivity index (χ1v) is 8.57. The molecule has 1 atom stereocenters. The molecule has 2 rings (SSSR count). The molecule has 134 valence electrons. The van der Waals surface area contributed by atoms with Gasteiger partial charge in [-0.25, -0.2) is 0 Å². The second-order valence-electron chi connectivity index (χ2n) is 6.76. The molecule has 0 aromatic carbocycles. The van der Waals surface area contributed by atoms with E-state index in [2.05, 4.69) is 4.90 Å². The molecule has 1 aliphatic heterocycles. The van der Waals surface area contributed by atoms with E-state index < -0.39 is 23.1 Å². The van der Waals surface area contributed by atoms with E-state index >= 15 is 0 Å². The lowest BCUT2D eigenvalue weighted by atomic mass is 9.89. The van der Waals surface area contributed by atoms with Crippen LogP contribution in [-0.2, 0) is 16.1 Å². The highest BCUT2D eigenvalue weighted by atomic mass is 16.5. The number of carbonyl (C=O) groups is 1. The maximum atomic E-state index is 12.1. The third-order valence-electron chi connectivity index (χ3n) is 4.58. The molecule has 1 aromatic heterocycles. The van der Waals surface area contributed by atoms with Crippen LogP contribution in [0.2, 0.25) is 0 Å². The average molecular weight is 337 g/mol. The van der Waals surface area contributed by atoms with Gasteiger partial charge >= 0.3 is 5.97 Å². The minimum absolute atomic E-state index is 0.0170. The first kappa shape index (κ1) is 18.5. The Labute approximate surface area is 142 Å². The first-order chi connectivity index (χ1) is 11.4. The molecule has 0 aliphatic carbocycles. The Morgan fingerprint density at radius 3 is 2.58 bits per heavy atom. The summed E-state index contributed by atoms with van der Waals surface area (Å²) < 4.78 is 10.6. The van der Waals surface area contributed by atoms with Crippen molar-refractivity contribution in [1.29, 1.82) is 0 Å². The van der Waals surface area contributed by atoms with Crippen LogP contribution in [0.15, 0.2) is 15.3 Å². The third-order valence-corrected chi connectivity index (χ3v) is 4.58. The van der Waals surface area contributed by atoms with Gasteiger partial charge in [0.2, 0.25) is 11.2 Å². The zero-order valence-electron chi connectivity index (χ0n) is 14.7. The van der Waals surface area contributed by atoms with Crippen LogP contribution in [0.4, 0.5) is 0 Å². The lowest BCUT2D eigenvalue weighted by molar-refractivity contribution is -0.141. The Morgan fingerprint density at radius 2 is 2.00 bits per heavy atom. The highest BCUT2D eigenvalue weighted by molar-refractivity contribution is 5.70. The van der Waals surface area contributed by atoms with Gasteiger partial charge in [-0.1, -0.05) is 20.3 Å². The maximum Gasteiger partial charge on any atom is 0.306 e. The molecule has 1 N–H and O–H groups in total. The predicted molar refractivity (Wildman–Crippen MR) is 90.0 cm³/mol. The van der Waals surface area contributed by atoms with Gasteiger partial charge in [-0.05, 0) is 31.8 Å². The highest BCUT2D eigenvalue weighted by Crippen LogP contribution is 2.33. The number of hydrogen-bond donors (Lipinski definition) is 1. The van der Waals surface area contributed by atoms with Crippen LogP contribution in [0.5, 0.6) is 5.75 Å². The molecule has 1 saturated heterocycles. The summed E-state index contributed by atoms with van der Waals surface area (Å²) in [6.07, 6.45) is 3.59. The van der Waals surface area contributed by atoms with Crippen molar-refractivity contribution >= 4 is 5.97 Å². The molecule has 1 unspecified atom stereocenters. The molecule has 6 heteroatoms. The molecule has 1 aliphatic rings. The van der Waals surface area contributed by atoms with Gasteiger partial charge < -0.3 is 14.3 Å². The van der Waals surface area contributed by atoms with Gasteiger partial charge in [0.05, 0.1) is 20.1 Å². The molecule has 1 fully saturated rings. The van der Waals surface area contributed by atoms with Gasteiger partial charge in [0.25, 0.3) is 0 Å². The number of aromatic hydroxyl groups is 1. The van der Waals surface area contributed by atoms with Gasteiger partial charge in [-0.15, -0.1) is 0 Å². The van der Waals surface area contributed by atoms with E-state index in [0.717, 1.165) is 25.9 Å². The first-order valence-electron chi connectivity index (χ1n) is 8.57. The number of carbonyl (C=O) groups excluding carboxylic acids is 1. The van der Waals surface area contributed by atoms with Crippen LogP contribution in [0.25, 0.3) is 0 Å². The zero-order valence-corrected chi connectivity index (χ0v) is 14.7. The molecule has 0 amide bonds. The number of methoxy groups -OCH3 is 1. The van der Waals surface area contributed by atoms with E-state index in [0.29, 0.717) is 12.3 Å². The molecule has 0 saturated carbocycles. The van der Waals surface area contributed by atoms with Gasteiger partial charge in [0.15, 0.2) is 5.76 Å². The molecule has 0 spiro atoms. The van der Waals surface area contributed by atoms with Gasteiger partial charge in [0, 0.05) is 12.0 Å². The van der Waals surface area contributed by atoms with Crippen LogP contribution >= 0.6 is 0 Å². The number of rotatable bonds is 6. The quantitative estimate of drug-likeness (QED) is 0.804. The van der Waals surface area contributed by atoms with Crippen LogP contribution in [0, 0.1) is 5.92 Å². The normalized spacial score (nSPS) is 17.0. The Bertz CT molecular complexity index is 616. The number of esters is 1. The molecule has 0 radical (unpaired) electrons. The minimum atomic E-state index is -0.459. The number of likely N-dealkylation sites (tertiary alicyclic amines) is 1. The van der Waals surface area contributed by atoms with Gasteiger partial charge in [0.1, 0.15) is 5.76 Å². The number of piperidine rings is 1. The summed E-state index contributed by atoms with van der Waals surface area (Å²) in [7, 11) is 1.32. The van der Waals surface area contributed by atoms with E-state index in [-0.39, 0.29) is 18.1 Å². The molecule has 1 aromatic rings. The van der Waals surface area contributed by atoms with Crippen LogP contribution in [0.3, 0.4) is 0 Å². The second-order valence-corrected chi connectivity index (χ2v) is 6.76. The van der Waals surface area contributed by atoms with Gasteiger partial charge in [-0.3, -0.25) is 14.5 Å². The predicted octanol–water partition coefficient (Wildman–Crippen LogP) is 2.63. The molecule has 24 heavy (non-hydrogen) atoms. The summed E-state index contributed by atoms with van der Waals surface area (Å²) in [4.78, 5) is 26.0. The van der Waals surface area contributed by atoms with Crippen LogP contribution < -0.4 is 5.43 Å². The van der Waals surface area contributed by atoms with E-state index in [9.17, 15) is 14.7 Å². The van der Waals surface area contributed by atoms with Crippen molar-refractivity contribution in [2.45, 2.75) is 52.0 Å². The van der Waals surface area contributed by atoms with Crippen molar-refractivity contribution in [2.24, 2.45) is 5.92 Å². The van der Waals surface area contributed by atoms with E-state index in [1.807, 2.05) is 13.8 Å². The Balaban J connectivity index is 2.29. The van der Waals surface area contributed by atoms with Crippen molar-refractivity contribution in [3.8, 4) is 5.75 Å². The Kier molecular flexibility index (Phi) is 6.43. The van der Waals surface area contributed by atoms with Crippen molar-refractivity contribution in [3.05, 3.63) is 27.8 Å². The number of ether oxygens (including phenoxy) is 1. The summed E-state index contributed by atoms with van der Waals surface area (Å²) in [6, 6.07) is 1.35. The summed E-state index contributed by atoms with van der Waals surface area (Å²) in [5.74, 6) is -0.452. The summed E-state index contributed by atoms with van der Waals surface area (Å²) in [5, 5.41) is 10.2. The lowest BCUT2D eigenvalue weighted by Crippen LogP contribution is -2.29. The monoisotopic (exact) mass is 337 g/mol. The fourth-order valence-corrected chi connectivity index (χ4v) is 3.12. The lowest BCUT2D eigenvalue weighted by Gasteiger charge is -2.26. The number of nitrogens with zero attached hydrogens (tertiary/aromatic N) is 1. The van der Waals surface area contributed by atoms with Crippen molar-refractivity contribution in [2.75, 3.05) is 20.2 Å². The van der Waals surface area contributed by atoms with E-state index in [1.165, 1.54) is 19.6 Å². The fourth-order valence-electron chi connectivity index (χ4n) is 3.12. The summed E-state index contributed by atoms with van der Waals surface area (Å²) in [5.41, 5.74) is -0.459. The summed E-state index contributed by atoms with van der Waals surface area (Å²) in [6.45, 7) is 6.35. The van der Waals surface area contributed by atoms with E-state index in [4.69, 9.17) is 9.15 Å². The molecular weight excluding hydrogens is 310 g/mol. The fraction of sp³-hybridized carbons (Fsp3) is 0.667. The van der Waals surface area contributed by atoms with Crippen molar-refractivity contribution in [3.63, 3.8) is 0 Å². The molecular formula is C18H27NO5. The Hall–Kier alpha value is -1.82. The SMILES string of the molecule is COC(=O)CC(c1oc(CN2CCCCC2)cc(=O)c1O)C(C)C. The smallest absolute Gasteiger partial charge is 0.306 e. The van der Waals surface area contributed by atoms with E-state index in [1.54, 1.807) is 0 Å². The third kappa shape index (κ3) is 4.60. The molecule has 0 bridgehead atoms. The second kappa shape index (κ2) is 8.33. The van der Waals surface area contributed by atoms with Crippen molar-refractivity contribution < 1.29 is 19.1 Å². The van der Waals surface area contributed by atoms with Crippen molar-refractivity contribution in [1.82, 2.24) is 4.90 Å². The summed E-state index contributed by atoms with van der Waals surface area (Å²) >= 11 is 0.